The van der Waals surface area contributed by atoms with Crippen molar-refractivity contribution >= 4 is 11.8 Å². The normalized spacial score (nSPS) is 12.5. The van der Waals surface area contributed by atoms with Crippen molar-refractivity contribution in [3.8, 4) is 11.5 Å². The third kappa shape index (κ3) is 4.37. The Hall–Kier alpha value is -1.73. The molecular weight excluding hydrogens is 290 g/mol. The van der Waals surface area contributed by atoms with Gasteiger partial charge in [-0.2, -0.15) is 16.7 Å². The molecule has 1 aromatic heterocycles. The van der Waals surface area contributed by atoms with Crippen molar-refractivity contribution in [2.45, 2.75) is 31.6 Å². The third-order valence-electron chi connectivity index (χ3n) is 2.88. The summed E-state index contributed by atoms with van der Waals surface area (Å²) in [5, 5.41) is 22.6. The van der Waals surface area contributed by atoms with Crippen LogP contribution in [0.25, 0.3) is 0 Å². The quantitative estimate of drug-likeness (QED) is 0.532. The highest BCUT2D eigenvalue weighted by Crippen LogP contribution is 2.26. The molecule has 0 saturated carbocycles. The number of phenolic OH excluding ortho intramolecular Hbond substituents is 2. The van der Waals surface area contributed by atoms with Gasteiger partial charge in [-0.3, -0.25) is 0 Å². The Kier molecular flexibility index (Phi) is 5.46. The van der Waals surface area contributed by atoms with Gasteiger partial charge in [0.15, 0.2) is 17.3 Å². The summed E-state index contributed by atoms with van der Waals surface area (Å²) in [6.07, 6.45) is 1.55. The van der Waals surface area contributed by atoms with Gasteiger partial charge in [0, 0.05) is 0 Å². The summed E-state index contributed by atoms with van der Waals surface area (Å²) < 4.78 is 5.17. The van der Waals surface area contributed by atoms with Crippen molar-refractivity contribution in [3.05, 3.63) is 35.5 Å². The SMILES string of the molecule is CCCSCc1noc(C(N)Cc2ccc(O)c(O)c2)n1. The zero-order valence-corrected chi connectivity index (χ0v) is 12.6. The van der Waals surface area contributed by atoms with Crippen LogP contribution in [0.2, 0.25) is 0 Å². The lowest BCUT2D eigenvalue weighted by Gasteiger charge is -2.07. The molecule has 0 aliphatic carbocycles. The number of hydrogen-bond acceptors (Lipinski definition) is 7. The second kappa shape index (κ2) is 7.33. The monoisotopic (exact) mass is 309 g/mol. The minimum atomic E-state index is -0.439. The molecule has 0 spiro atoms. The van der Waals surface area contributed by atoms with Crippen molar-refractivity contribution in [3.63, 3.8) is 0 Å². The highest BCUT2D eigenvalue weighted by atomic mass is 32.2. The van der Waals surface area contributed by atoms with Crippen LogP contribution in [0, 0.1) is 0 Å². The summed E-state index contributed by atoms with van der Waals surface area (Å²) in [7, 11) is 0. The number of aromatic hydroxyl groups is 2. The standard InChI is InChI=1S/C14H19N3O3S/c1-2-5-21-8-13-16-14(20-17-13)10(15)6-9-3-4-11(18)12(19)7-9/h3-4,7,10,18-19H,2,5-6,8,15H2,1H3. The van der Waals surface area contributed by atoms with Crippen LogP contribution in [-0.2, 0) is 12.2 Å². The van der Waals surface area contributed by atoms with Crippen molar-refractivity contribution in [1.82, 2.24) is 10.1 Å². The zero-order valence-electron chi connectivity index (χ0n) is 11.8. The number of hydrogen-bond donors (Lipinski definition) is 3. The number of benzene rings is 1. The van der Waals surface area contributed by atoms with E-state index in [1.165, 1.54) is 12.1 Å². The van der Waals surface area contributed by atoms with Gasteiger partial charge < -0.3 is 20.5 Å². The summed E-state index contributed by atoms with van der Waals surface area (Å²) in [5.41, 5.74) is 6.83. The molecule has 0 bridgehead atoms. The van der Waals surface area contributed by atoms with Gasteiger partial charge in [0.05, 0.1) is 11.8 Å². The number of aromatic nitrogens is 2. The first-order chi connectivity index (χ1) is 10.1. The largest absolute Gasteiger partial charge is 0.504 e. The van der Waals surface area contributed by atoms with Crippen LogP contribution in [0.15, 0.2) is 22.7 Å². The molecule has 1 atom stereocenters. The van der Waals surface area contributed by atoms with Gasteiger partial charge in [0.2, 0.25) is 5.89 Å². The fourth-order valence-corrected chi connectivity index (χ4v) is 2.55. The average molecular weight is 309 g/mol. The first kappa shape index (κ1) is 15.7. The Balaban J connectivity index is 1.96. The summed E-state index contributed by atoms with van der Waals surface area (Å²) in [4.78, 5) is 4.28. The maximum atomic E-state index is 9.46. The fourth-order valence-electron chi connectivity index (χ4n) is 1.82. The number of rotatable bonds is 7. The van der Waals surface area contributed by atoms with Gasteiger partial charge in [0.25, 0.3) is 0 Å². The van der Waals surface area contributed by atoms with Crippen LogP contribution in [0.5, 0.6) is 11.5 Å². The molecule has 7 heteroatoms. The van der Waals surface area contributed by atoms with E-state index in [1.807, 2.05) is 0 Å². The number of phenols is 2. The van der Waals surface area contributed by atoms with Gasteiger partial charge in [-0.15, -0.1) is 0 Å². The van der Waals surface area contributed by atoms with Crippen LogP contribution in [0.1, 0.15) is 36.7 Å². The maximum Gasteiger partial charge on any atom is 0.243 e. The second-order valence-electron chi connectivity index (χ2n) is 4.74. The first-order valence-corrected chi connectivity index (χ1v) is 7.92. The molecule has 4 N–H and O–H groups in total. The van der Waals surface area contributed by atoms with Crippen molar-refractivity contribution < 1.29 is 14.7 Å². The molecule has 2 aromatic rings. The van der Waals surface area contributed by atoms with Crippen molar-refractivity contribution in [1.29, 1.82) is 0 Å². The summed E-state index contributed by atoms with van der Waals surface area (Å²) in [5.74, 6) is 2.48. The average Bonchev–Trinajstić information content (AvgIpc) is 2.92. The predicted octanol–water partition coefficient (Wildman–Crippen LogP) is 2.37. The number of thioether (sulfide) groups is 1. The van der Waals surface area contributed by atoms with Crippen LogP contribution in [0.4, 0.5) is 0 Å². The molecule has 1 heterocycles. The van der Waals surface area contributed by atoms with Gasteiger partial charge in [0.1, 0.15) is 0 Å². The molecule has 2 rings (SSSR count). The van der Waals surface area contributed by atoms with Crippen molar-refractivity contribution in [2.75, 3.05) is 5.75 Å². The molecule has 21 heavy (non-hydrogen) atoms. The van der Waals surface area contributed by atoms with Crippen LogP contribution >= 0.6 is 11.8 Å². The zero-order chi connectivity index (χ0) is 15.2. The van der Waals surface area contributed by atoms with E-state index in [0.717, 1.165) is 17.7 Å². The van der Waals surface area contributed by atoms with Gasteiger partial charge in [-0.25, -0.2) is 0 Å². The molecule has 0 saturated heterocycles. The minimum absolute atomic E-state index is 0.152. The second-order valence-corrected chi connectivity index (χ2v) is 5.84. The summed E-state index contributed by atoms with van der Waals surface area (Å²) in [6.45, 7) is 2.12. The Bertz CT molecular complexity index is 589. The maximum absolute atomic E-state index is 9.46. The Labute approximate surface area is 127 Å². The van der Waals surface area contributed by atoms with Crippen molar-refractivity contribution in [2.24, 2.45) is 5.73 Å². The van der Waals surface area contributed by atoms with E-state index in [0.29, 0.717) is 23.9 Å². The smallest absolute Gasteiger partial charge is 0.243 e. The lowest BCUT2D eigenvalue weighted by atomic mass is 10.1. The third-order valence-corrected chi connectivity index (χ3v) is 4.04. The van der Waals surface area contributed by atoms with E-state index < -0.39 is 6.04 Å². The Morgan fingerprint density at radius 1 is 1.33 bits per heavy atom. The Morgan fingerprint density at radius 2 is 2.14 bits per heavy atom. The topological polar surface area (TPSA) is 105 Å². The van der Waals surface area contributed by atoms with E-state index >= 15 is 0 Å². The summed E-state index contributed by atoms with van der Waals surface area (Å²) >= 11 is 1.75. The van der Waals surface area contributed by atoms with E-state index in [2.05, 4.69) is 17.1 Å². The minimum Gasteiger partial charge on any atom is -0.504 e. The van der Waals surface area contributed by atoms with E-state index in [-0.39, 0.29) is 11.5 Å². The van der Waals surface area contributed by atoms with Crippen LogP contribution < -0.4 is 5.73 Å². The van der Waals surface area contributed by atoms with Gasteiger partial charge >= 0.3 is 0 Å². The van der Waals surface area contributed by atoms with E-state index in [9.17, 15) is 10.2 Å². The molecule has 0 aliphatic rings. The molecule has 1 unspecified atom stereocenters. The molecular formula is C14H19N3O3S. The molecule has 0 radical (unpaired) electrons. The fraction of sp³-hybridized carbons (Fsp3) is 0.429. The molecule has 0 aliphatic heterocycles. The predicted molar refractivity (Wildman–Crippen MR) is 81.2 cm³/mol. The van der Waals surface area contributed by atoms with Gasteiger partial charge in [-0.1, -0.05) is 18.1 Å². The first-order valence-electron chi connectivity index (χ1n) is 6.76. The molecule has 0 amide bonds. The Morgan fingerprint density at radius 3 is 2.86 bits per heavy atom. The number of nitrogens with zero attached hydrogens (tertiary/aromatic N) is 2. The van der Waals surface area contributed by atoms with E-state index in [1.54, 1.807) is 17.8 Å². The lowest BCUT2D eigenvalue weighted by molar-refractivity contribution is 0.351. The highest BCUT2D eigenvalue weighted by molar-refractivity contribution is 7.98. The summed E-state index contributed by atoms with van der Waals surface area (Å²) in [6, 6.07) is 4.16. The van der Waals surface area contributed by atoms with Crippen LogP contribution in [0.3, 0.4) is 0 Å². The lowest BCUT2D eigenvalue weighted by Crippen LogP contribution is -2.13. The molecule has 6 nitrogen and oxygen atoms in total. The van der Waals surface area contributed by atoms with E-state index in [4.69, 9.17) is 10.3 Å². The van der Waals surface area contributed by atoms with Gasteiger partial charge in [-0.05, 0) is 36.3 Å². The molecule has 114 valence electrons. The molecule has 0 fully saturated rings. The highest BCUT2D eigenvalue weighted by Gasteiger charge is 2.16. The van der Waals surface area contributed by atoms with Crippen LogP contribution in [-0.4, -0.2) is 26.1 Å². The molecule has 1 aromatic carbocycles. The number of nitrogens with two attached hydrogens (primary N) is 1.